The second kappa shape index (κ2) is 3.03. The molecular formula is C11H6N2O3. The third kappa shape index (κ3) is 1.15. The first-order valence-electron chi connectivity index (χ1n) is 4.67. The molecule has 0 unspecified atom stereocenters. The molecular weight excluding hydrogens is 208 g/mol. The van der Waals surface area contributed by atoms with Gasteiger partial charge >= 0.3 is 0 Å². The van der Waals surface area contributed by atoms with Crippen molar-refractivity contribution in [2.75, 3.05) is 0 Å². The van der Waals surface area contributed by atoms with Gasteiger partial charge in [-0.05, 0) is 6.07 Å². The van der Waals surface area contributed by atoms with Crippen LogP contribution in [0.5, 0.6) is 0 Å². The van der Waals surface area contributed by atoms with Crippen LogP contribution >= 0.6 is 0 Å². The third-order valence-electron chi connectivity index (χ3n) is 2.39. The lowest BCUT2D eigenvalue weighted by molar-refractivity contribution is 0.444. The summed E-state index contributed by atoms with van der Waals surface area (Å²) in [6.45, 7) is 0. The van der Waals surface area contributed by atoms with Crippen molar-refractivity contribution in [1.29, 1.82) is 0 Å². The Hall–Kier alpha value is -2.43. The largest absolute Gasteiger partial charge is 0.356 e. The molecule has 3 rings (SSSR count). The molecule has 0 radical (unpaired) electrons. The highest BCUT2D eigenvalue weighted by Crippen LogP contribution is 2.24. The molecule has 1 aromatic rings. The molecule has 1 N–H and O–H groups in total. The molecule has 2 aliphatic heterocycles. The van der Waals surface area contributed by atoms with E-state index >= 15 is 0 Å². The highest BCUT2D eigenvalue weighted by atomic mass is 16.5. The Bertz CT molecular complexity index is 757. The number of hydrogen-bond acceptors (Lipinski definition) is 4. The van der Waals surface area contributed by atoms with Crippen molar-refractivity contribution in [3.05, 3.63) is 51.0 Å². The summed E-state index contributed by atoms with van der Waals surface area (Å²) in [5.41, 5.74) is 0.224. The zero-order valence-electron chi connectivity index (χ0n) is 8.06. The van der Waals surface area contributed by atoms with Gasteiger partial charge in [0.1, 0.15) is 0 Å². The molecule has 5 nitrogen and oxygen atoms in total. The van der Waals surface area contributed by atoms with Crippen LogP contribution in [0.1, 0.15) is 0 Å². The minimum atomic E-state index is -0.531. The monoisotopic (exact) mass is 214 g/mol. The van der Waals surface area contributed by atoms with Crippen molar-refractivity contribution < 1.29 is 4.52 Å². The van der Waals surface area contributed by atoms with Crippen LogP contribution in [0.25, 0.3) is 22.2 Å². The van der Waals surface area contributed by atoms with E-state index in [2.05, 4.69) is 10.1 Å². The summed E-state index contributed by atoms with van der Waals surface area (Å²) in [4.78, 5) is 24.8. The molecule has 5 heteroatoms. The molecule has 0 spiro atoms. The number of para-hydroxylation sites is 1. The molecule has 0 aromatic heterocycles. The summed E-state index contributed by atoms with van der Waals surface area (Å²) >= 11 is 0. The van der Waals surface area contributed by atoms with Crippen LogP contribution in [-0.2, 0) is 0 Å². The number of hydrogen-bond donors (Lipinski definition) is 1. The lowest BCUT2D eigenvalue weighted by Crippen LogP contribution is -2.22. The topological polar surface area (TPSA) is 76.0 Å². The smallest absolute Gasteiger partial charge is 0.280 e. The summed E-state index contributed by atoms with van der Waals surface area (Å²) in [6.07, 6.45) is 0. The van der Waals surface area contributed by atoms with Crippen molar-refractivity contribution >= 4 is 11.0 Å². The zero-order valence-corrected chi connectivity index (χ0v) is 8.06. The van der Waals surface area contributed by atoms with Crippen LogP contribution in [0.3, 0.4) is 0 Å². The van der Waals surface area contributed by atoms with Gasteiger partial charge in [0, 0.05) is 17.0 Å². The predicted molar refractivity (Wildman–Crippen MR) is 57.5 cm³/mol. The zero-order chi connectivity index (χ0) is 11.1. The fourth-order valence-electron chi connectivity index (χ4n) is 1.69. The van der Waals surface area contributed by atoms with Gasteiger partial charge in [0.25, 0.3) is 11.1 Å². The lowest BCUT2D eigenvalue weighted by atomic mass is 10.1. The molecule has 0 saturated carbocycles. The molecule has 16 heavy (non-hydrogen) atoms. The number of aromatic amines is 1. The Morgan fingerprint density at radius 1 is 1.19 bits per heavy atom. The highest BCUT2D eigenvalue weighted by molar-refractivity contribution is 5.91. The van der Waals surface area contributed by atoms with Gasteiger partial charge in [-0.2, -0.15) is 0 Å². The maximum atomic E-state index is 11.5. The molecule has 0 bridgehead atoms. The lowest BCUT2D eigenvalue weighted by Gasteiger charge is -2.04. The van der Waals surface area contributed by atoms with Gasteiger partial charge in [-0.1, -0.05) is 23.4 Å². The molecule has 0 fully saturated rings. The van der Waals surface area contributed by atoms with Crippen LogP contribution < -0.4 is 11.1 Å². The Morgan fingerprint density at radius 2 is 2.00 bits per heavy atom. The van der Waals surface area contributed by atoms with E-state index in [-0.39, 0.29) is 5.69 Å². The summed E-state index contributed by atoms with van der Waals surface area (Å²) < 4.78 is 5.07. The van der Waals surface area contributed by atoms with Crippen LogP contribution in [0, 0.1) is 0 Å². The number of nitrogens with zero attached hydrogens (tertiary/aromatic N) is 1. The number of fused-ring (bicyclic) bond motifs is 3. The van der Waals surface area contributed by atoms with E-state index in [0.717, 1.165) is 0 Å². The Morgan fingerprint density at radius 3 is 2.88 bits per heavy atom. The fourth-order valence-corrected chi connectivity index (χ4v) is 1.69. The minimum Gasteiger partial charge on any atom is -0.356 e. The van der Waals surface area contributed by atoms with Gasteiger partial charge in [0.05, 0.1) is 0 Å². The van der Waals surface area contributed by atoms with Crippen LogP contribution in [0.15, 0.2) is 44.4 Å². The van der Waals surface area contributed by atoms with Crippen LogP contribution in [0.4, 0.5) is 0 Å². The first-order valence-corrected chi connectivity index (χ1v) is 4.67. The molecule has 1 aromatic carbocycles. The first kappa shape index (κ1) is 8.84. The van der Waals surface area contributed by atoms with E-state index in [1.54, 1.807) is 18.2 Å². The van der Waals surface area contributed by atoms with Crippen molar-refractivity contribution in [2.45, 2.75) is 0 Å². The van der Waals surface area contributed by atoms with Crippen molar-refractivity contribution in [3.8, 4) is 11.3 Å². The van der Waals surface area contributed by atoms with E-state index in [4.69, 9.17) is 4.52 Å². The second-order valence-electron chi connectivity index (χ2n) is 3.40. The van der Waals surface area contributed by atoms with E-state index < -0.39 is 11.1 Å². The van der Waals surface area contributed by atoms with Crippen LogP contribution in [-0.4, -0.2) is 10.1 Å². The Kier molecular flexibility index (Phi) is 1.67. The van der Waals surface area contributed by atoms with E-state index in [9.17, 15) is 9.59 Å². The van der Waals surface area contributed by atoms with Crippen LogP contribution in [0.2, 0.25) is 0 Å². The van der Waals surface area contributed by atoms with Crippen molar-refractivity contribution in [3.63, 3.8) is 0 Å². The molecule has 78 valence electrons. The molecule has 0 amide bonds. The van der Waals surface area contributed by atoms with Gasteiger partial charge in [-0.25, -0.2) is 0 Å². The number of pyridine rings is 1. The Balaban J connectivity index is 2.64. The Labute approximate surface area is 88.7 Å². The van der Waals surface area contributed by atoms with Gasteiger partial charge in [-0.3, -0.25) is 14.6 Å². The summed E-state index contributed by atoms with van der Waals surface area (Å²) in [5, 5.41) is 4.40. The predicted octanol–water partition coefficient (Wildman–Crippen LogP) is 0.981. The average molecular weight is 214 g/mol. The molecule has 2 aliphatic rings. The van der Waals surface area contributed by atoms with E-state index in [0.29, 0.717) is 16.5 Å². The van der Waals surface area contributed by atoms with Gasteiger partial charge < -0.3 is 4.52 Å². The van der Waals surface area contributed by atoms with Crippen molar-refractivity contribution in [2.24, 2.45) is 0 Å². The summed E-state index contributed by atoms with van der Waals surface area (Å²) in [7, 11) is 0. The molecule has 0 atom stereocenters. The standard InChI is InChI=1S/C11H6N2O3/c14-9-5-7-6-3-1-2-4-8(6)16-13-10(7)11(15)12-9/h1-5H,(H,12,14,15). The maximum absolute atomic E-state index is 11.5. The normalized spacial score (nSPS) is 11.0. The van der Waals surface area contributed by atoms with Gasteiger partial charge in [0.15, 0.2) is 11.3 Å². The average Bonchev–Trinajstić information content (AvgIpc) is 2.28. The van der Waals surface area contributed by atoms with Crippen molar-refractivity contribution in [1.82, 2.24) is 10.1 Å². The van der Waals surface area contributed by atoms with Gasteiger partial charge in [-0.15, -0.1) is 0 Å². The third-order valence-corrected chi connectivity index (χ3v) is 2.39. The molecule has 0 saturated heterocycles. The summed E-state index contributed by atoms with van der Waals surface area (Å²) in [6, 6.07) is 8.46. The number of nitrogens with one attached hydrogen (secondary N) is 1. The van der Waals surface area contributed by atoms with E-state index in [1.165, 1.54) is 6.07 Å². The minimum absolute atomic E-state index is 0.137. The number of H-pyrrole nitrogens is 1. The quantitative estimate of drug-likeness (QED) is 0.566. The maximum Gasteiger partial charge on any atom is 0.280 e. The second-order valence-corrected chi connectivity index (χ2v) is 3.40. The SMILES string of the molecule is O=c1cc2c3ccccc3onc-2c(=O)[nH]1. The van der Waals surface area contributed by atoms with E-state index in [1.807, 2.05) is 6.07 Å². The summed E-state index contributed by atoms with van der Waals surface area (Å²) in [5.74, 6) is 0. The molecule has 2 heterocycles. The number of rotatable bonds is 0. The number of benzene rings is 1. The van der Waals surface area contributed by atoms with Gasteiger partial charge in [0.2, 0.25) is 0 Å². The highest BCUT2D eigenvalue weighted by Gasteiger charge is 2.14. The first-order chi connectivity index (χ1) is 7.75. The molecule has 0 aliphatic carbocycles. The fraction of sp³-hybridized carbons (Fsp3) is 0. The number of aromatic nitrogens is 2.